The molecule has 0 radical (unpaired) electrons. The fraction of sp³-hybridized carbons (Fsp3) is 0.0833. The van der Waals surface area contributed by atoms with E-state index in [0.717, 1.165) is 22.2 Å². The van der Waals surface area contributed by atoms with E-state index in [1.165, 1.54) is 22.2 Å². The molecule has 126 valence electrons. The van der Waals surface area contributed by atoms with Gasteiger partial charge in [-0.2, -0.15) is 0 Å². The number of hydrogen-bond acceptors (Lipinski definition) is 1. The maximum Gasteiger partial charge on any atom is 0.134 e. The van der Waals surface area contributed by atoms with E-state index in [0.29, 0.717) is 0 Å². The van der Waals surface area contributed by atoms with Crippen molar-refractivity contribution < 1.29 is 4.42 Å². The summed E-state index contributed by atoms with van der Waals surface area (Å²) in [5.74, 6) is 1.03. The number of furan rings is 1. The van der Waals surface area contributed by atoms with E-state index < -0.39 is 0 Å². The molecule has 0 spiro atoms. The number of aryl methyl sites for hydroxylation is 1. The fourth-order valence-electron chi connectivity index (χ4n) is 3.93. The molecule has 2 heterocycles. The molecule has 0 saturated carbocycles. The molecule has 0 saturated heterocycles. The third-order valence-corrected chi connectivity index (χ3v) is 5.09. The second-order valence-corrected chi connectivity index (χ2v) is 6.74. The summed E-state index contributed by atoms with van der Waals surface area (Å²) in [7, 11) is 0. The van der Waals surface area contributed by atoms with E-state index in [1.807, 2.05) is 12.1 Å². The Kier molecular flexibility index (Phi) is 3.42. The van der Waals surface area contributed by atoms with Crippen molar-refractivity contribution in [3.63, 3.8) is 0 Å². The molecular formula is C24H19NO. The molecule has 1 unspecified atom stereocenters. The Bertz CT molecular complexity index is 1160. The predicted octanol–water partition coefficient (Wildman–Crippen LogP) is 6.40. The van der Waals surface area contributed by atoms with Crippen LogP contribution in [-0.2, 0) is 0 Å². The van der Waals surface area contributed by atoms with Gasteiger partial charge in [-0.3, -0.25) is 0 Å². The lowest BCUT2D eigenvalue weighted by Crippen LogP contribution is -2.03. The molecule has 3 aromatic carbocycles. The van der Waals surface area contributed by atoms with Crippen molar-refractivity contribution in [2.45, 2.75) is 12.8 Å². The van der Waals surface area contributed by atoms with Gasteiger partial charge in [0.05, 0.1) is 5.92 Å². The van der Waals surface area contributed by atoms with E-state index in [2.05, 4.69) is 84.7 Å². The summed E-state index contributed by atoms with van der Waals surface area (Å²) in [6.07, 6.45) is 0. The molecule has 1 N–H and O–H groups in total. The summed E-state index contributed by atoms with van der Waals surface area (Å²) < 4.78 is 6.30. The Morgan fingerprint density at radius 3 is 2.38 bits per heavy atom. The van der Waals surface area contributed by atoms with Crippen LogP contribution in [0.5, 0.6) is 0 Å². The molecule has 0 fully saturated rings. The summed E-state index contributed by atoms with van der Waals surface area (Å²) in [5, 5.41) is 2.39. The van der Waals surface area contributed by atoms with Crippen molar-refractivity contribution in [3.05, 3.63) is 108 Å². The Balaban J connectivity index is 1.81. The number of aromatic amines is 1. The Labute approximate surface area is 152 Å². The van der Waals surface area contributed by atoms with Crippen LogP contribution in [-0.4, -0.2) is 4.98 Å². The first-order valence-electron chi connectivity index (χ1n) is 8.92. The number of H-pyrrole nitrogens is 1. The van der Waals surface area contributed by atoms with Gasteiger partial charge in [0.1, 0.15) is 11.3 Å². The molecule has 0 bridgehead atoms. The maximum atomic E-state index is 6.30. The molecule has 26 heavy (non-hydrogen) atoms. The molecule has 5 aromatic rings. The minimum absolute atomic E-state index is 0.0553. The lowest BCUT2D eigenvalue weighted by molar-refractivity contribution is 0.542. The molecule has 0 aliphatic heterocycles. The Morgan fingerprint density at radius 1 is 0.808 bits per heavy atom. The van der Waals surface area contributed by atoms with Crippen molar-refractivity contribution in [3.8, 4) is 0 Å². The van der Waals surface area contributed by atoms with Crippen LogP contribution < -0.4 is 0 Å². The summed E-state index contributed by atoms with van der Waals surface area (Å²) in [6, 6.07) is 29.5. The molecule has 0 aliphatic rings. The summed E-state index contributed by atoms with van der Waals surface area (Å²) in [6.45, 7) is 2.15. The van der Waals surface area contributed by atoms with Crippen molar-refractivity contribution in [2.24, 2.45) is 0 Å². The molecule has 0 amide bonds. The van der Waals surface area contributed by atoms with Crippen molar-refractivity contribution in [1.29, 1.82) is 0 Å². The average Bonchev–Trinajstić information content (AvgIpc) is 3.24. The smallest absolute Gasteiger partial charge is 0.134 e. The van der Waals surface area contributed by atoms with E-state index in [-0.39, 0.29) is 5.92 Å². The number of nitrogens with one attached hydrogen (secondary N) is 1. The highest BCUT2D eigenvalue weighted by atomic mass is 16.3. The van der Waals surface area contributed by atoms with Crippen molar-refractivity contribution in [2.75, 3.05) is 0 Å². The van der Waals surface area contributed by atoms with Crippen LogP contribution in [0.4, 0.5) is 0 Å². The van der Waals surface area contributed by atoms with Gasteiger partial charge in [-0.05, 0) is 36.2 Å². The first-order chi connectivity index (χ1) is 12.8. The normalized spacial score (nSPS) is 12.7. The third kappa shape index (κ3) is 2.34. The minimum Gasteiger partial charge on any atom is -0.460 e. The number of benzene rings is 3. The van der Waals surface area contributed by atoms with Gasteiger partial charge in [0.25, 0.3) is 0 Å². The van der Waals surface area contributed by atoms with Gasteiger partial charge >= 0.3 is 0 Å². The number of hydrogen-bond donors (Lipinski definition) is 1. The number of para-hydroxylation sites is 2. The zero-order valence-corrected chi connectivity index (χ0v) is 14.6. The van der Waals surface area contributed by atoms with Crippen LogP contribution in [0.3, 0.4) is 0 Å². The topological polar surface area (TPSA) is 28.9 Å². The van der Waals surface area contributed by atoms with Gasteiger partial charge in [0, 0.05) is 22.0 Å². The van der Waals surface area contributed by atoms with Gasteiger partial charge in [0.2, 0.25) is 0 Å². The number of rotatable bonds is 3. The zero-order chi connectivity index (χ0) is 17.5. The molecule has 2 aromatic heterocycles. The van der Waals surface area contributed by atoms with E-state index in [9.17, 15) is 0 Å². The van der Waals surface area contributed by atoms with Gasteiger partial charge in [-0.1, -0.05) is 66.7 Å². The second-order valence-electron chi connectivity index (χ2n) is 6.74. The van der Waals surface area contributed by atoms with Gasteiger partial charge in [0.15, 0.2) is 0 Å². The first-order valence-corrected chi connectivity index (χ1v) is 8.92. The first kappa shape index (κ1) is 15.0. The standard InChI is InChI=1S/C24H19NO/c1-16-23(19-12-6-7-13-20(19)25-16)24(17-9-3-2-4-10-17)22-15-18-11-5-8-14-21(18)26-22/h2-15,24-25H,1H3. The van der Waals surface area contributed by atoms with Crippen LogP contribution in [0.25, 0.3) is 21.9 Å². The molecule has 0 aliphatic carbocycles. The summed E-state index contributed by atoms with van der Waals surface area (Å²) in [4.78, 5) is 3.54. The highest BCUT2D eigenvalue weighted by Crippen LogP contribution is 2.40. The van der Waals surface area contributed by atoms with Gasteiger partial charge < -0.3 is 9.40 Å². The number of aromatic nitrogens is 1. The number of fused-ring (bicyclic) bond motifs is 2. The van der Waals surface area contributed by atoms with Crippen LogP contribution in [0.1, 0.15) is 28.5 Å². The van der Waals surface area contributed by atoms with E-state index in [1.54, 1.807) is 0 Å². The molecule has 2 nitrogen and oxygen atoms in total. The quantitative estimate of drug-likeness (QED) is 0.405. The second kappa shape index (κ2) is 5.92. The van der Waals surface area contributed by atoms with Crippen molar-refractivity contribution >= 4 is 21.9 Å². The molecule has 2 heteroatoms. The Morgan fingerprint density at radius 2 is 1.54 bits per heavy atom. The summed E-state index contributed by atoms with van der Waals surface area (Å²) in [5.41, 5.74) is 5.80. The zero-order valence-electron chi connectivity index (χ0n) is 14.6. The molecular weight excluding hydrogens is 318 g/mol. The maximum absolute atomic E-state index is 6.30. The lowest BCUT2D eigenvalue weighted by atomic mass is 9.87. The van der Waals surface area contributed by atoms with E-state index >= 15 is 0 Å². The van der Waals surface area contributed by atoms with Gasteiger partial charge in [-0.25, -0.2) is 0 Å². The van der Waals surface area contributed by atoms with Crippen LogP contribution in [0.15, 0.2) is 89.3 Å². The van der Waals surface area contributed by atoms with Crippen molar-refractivity contribution in [1.82, 2.24) is 4.98 Å². The highest BCUT2D eigenvalue weighted by molar-refractivity contribution is 5.87. The monoisotopic (exact) mass is 337 g/mol. The van der Waals surface area contributed by atoms with Crippen LogP contribution in [0, 0.1) is 6.92 Å². The fourth-order valence-corrected chi connectivity index (χ4v) is 3.93. The van der Waals surface area contributed by atoms with Gasteiger partial charge in [-0.15, -0.1) is 0 Å². The van der Waals surface area contributed by atoms with Crippen LogP contribution >= 0.6 is 0 Å². The molecule has 5 rings (SSSR count). The third-order valence-electron chi connectivity index (χ3n) is 5.09. The van der Waals surface area contributed by atoms with Crippen LogP contribution in [0.2, 0.25) is 0 Å². The predicted molar refractivity (Wildman–Crippen MR) is 107 cm³/mol. The minimum atomic E-state index is 0.0553. The Hall–Kier alpha value is -3.26. The highest BCUT2D eigenvalue weighted by Gasteiger charge is 2.25. The molecule has 1 atom stereocenters. The lowest BCUT2D eigenvalue weighted by Gasteiger charge is -2.16. The largest absolute Gasteiger partial charge is 0.460 e. The van der Waals surface area contributed by atoms with E-state index in [4.69, 9.17) is 4.42 Å². The summed E-state index contributed by atoms with van der Waals surface area (Å²) >= 11 is 0. The SMILES string of the molecule is Cc1[nH]c2ccccc2c1C(c1ccccc1)c1cc2ccccc2o1. The average molecular weight is 337 g/mol.